The van der Waals surface area contributed by atoms with E-state index in [1.807, 2.05) is 0 Å². The lowest BCUT2D eigenvalue weighted by atomic mass is 10.0. The molecule has 133 valence electrons. The highest BCUT2D eigenvalue weighted by atomic mass is 16.5. The summed E-state index contributed by atoms with van der Waals surface area (Å²) >= 11 is 0. The number of rotatable bonds is 18. The van der Waals surface area contributed by atoms with E-state index in [1.54, 1.807) is 0 Å². The molecule has 0 aromatic carbocycles. The number of hydrogen-bond donors (Lipinski definition) is 0. The Bertz CT molecular complexity index is 188. The summed E-state index contributed by atoms with van der Waals surface area (Å²) in [6.45, 7) is 10.2. The molecule has 0 heterocycles. The molecule has 0 aromatic rings. The van der Waals surface area contributed by atoms with Gasteiger partial charge in [0.05, 0.1) is 0 Å². The topological polar surface area (TPSA) is 9.23 Å². The van der Waals surface area contributed by atoms with Crippen LogP contribution in [0.5, 0.6) is 0 Å². The van der Waals surface area contributed by atoms with E-state index in [-0.39, 0.29) is 0 Å². The Morgan fingerprint density at radius 1 is 0.591 bits per heavy atom. The van der Waals surface area contributed by atoms with Crippen molar-refractivity contribution in [1.82, 2.24) is 0 Å². The minimum atomic E-state index is 0.831. The monoisotopic (exact) mass is 311 g/mol. The van der Waals surface area contributed by atoms with Gasteiger partial charge >= 0.3 is 0 Å². The van der Waals surface area contributed by atoms with Crippen LogP contribution in [0, 0.1) is 12.8 Å². The first kappa shape index (κ1) is 22.0. The van der Waals surface area contributed by atoms with Gasteiger partial charge in [-0.25, -0.2) is 0 Å². The van der Waals surface area contributed by atoms with Gasteiger partial charge in [0, 0.05) is 13.2 Å². The molecule has 1 nitrogen and oxygen atoms in total. The van der Waals surface area contributed by atoms with E-state index < -0.39 is 0 Å². The third-order valence-corrected chi connectivity index (χ3v) is 4.36. The summed E-state index contributed by atoms with van der Waals surface area (Å²) in [6, 6.07) is 0. The van der Waals surface area contributed by atoms with E-state index in [9.17, 15) is 0 Å². The number of hydrogen-bond acceptors (Lipinski definition) is 1. The maximum Gasteiger partial charge on any atom is 0.0466 e. The highest BCUT2D eigenvalue weighted by molar-refractivity contribution is 4.51. The molecule has 0 aromatic heterocycles. The van der Waals surface area contributed by atoms with Crippen LogP contribution in [0.3, 0.4) is 0 Å². The molecule has 1 heteroatoms. The summed E-state index contributed by atoms with van der Waals surface area (Å²) in [4.78, 5) is 0. The Balaban J connectivity index is 2.94. The van der Waals surface area contributed by atoms with Crippen molar-refractivity contribution in [3.8, 4) is 0 Å². The van der Waals surface area contributed by atoms with E-state index in [2.05, 4.69) is 20.8 Å². The highest BCUT2D eigenvalue weighted by Gasteiger charge is 1.96. The first-order chi connectivity index (χ1) is 10.8. The van der Waals surface area contributed by atoms with Crippen LogP contribution in [0.25, 0.3) is 0 Å². The van der Waals surface area contributed by atoms with Gasteiger partial charge in [0.1, 0.15) is 0 Å². The average molecular weight is 312 g/mol. The predicted octanol–water partition coefficient (Wildman–Crippen LogP) is 7.34. The van der Waals surface area contributed by atoms with Gasteiger partial charge < -0.3 is 4.74 Å². The van der Waals surface area contributed by atoms with Crippen molar-refractivity contribution in [2.75, 3.05) is 13.2 Å². The molecule has 0 saturated heterocycles. The first-order valence-electron chi connectivity index (χ1n) is 10.1. The summed E-state index contributed by atoms with van der Waals surface area (Å²) in [5.41, 5.74) is 0. The molecule has 0 aliphatic carbocycles. The molecule has 0 aliphatic heterocycles. The zero-order chi connectivity index (χ0) is 16.3. The molecule has 0 amide bonds. The van der Waals surface area contributed by atoms with Gasteiger partial charge in [-0.1, -0.05) is 104 Å². The SMILES string of the molecule is [CH2]CCOCCCCCCCCCCCCCCCC(C)C. The maximum atomic E-state index is 5.44. The fourth-order valence-corrected chi connectivity index (χ4v) is 2.91. The van der Waals surface area contributed by atoms with E-state index in [4.69, 9.17) is 4.74 Å². The van der Waals surface area contributed by atoms with Crippen molar-refractivity contribution >= 4 is 0 Å². The van der Waals surface area contributed by atoms with Crippen LogP contribution in [-0.2, 0) is 4.74 Å². The molecule has 0 unspecified atom stereocenters. The Labute approximate surface area is 141 Å². The van der Waals surface area contributed by atoms with Crippen molar-refractivity contribution in [3.63, 3.8) is 0 Å². The first-order valence-corrected chi connectivity index (χ1v) is 10.1. The second kappa shape index (κ2) is 19.0. The highest BCUT2D eigenvalue weighted by Crippen LogP contribution is 2.14. The molecule has 0 rings (SSSR count). The average Bonchev–Trinajstić information content (AvgIpc) is 2.50. The predicted molar refractivity (Wildman–Crippen MR) is 100 cm³/mol. The summed E-state index contributed by atoms with van der Waals surface area (Å²) in [7, 11) is 0. The van der Waals surface area contributed by atoms with Crippen molar-refractivity contribution in [3.05, 3.63) is 6.92 Å². The van der Waals surface area contributed by atoms with Gasteiger partial charge in [-0.05, 0) is 18.8 Å². The number of ether oxygens (including phenoxy) is 1. The fraction of sp³-hybridized carbons (Fsp3) is 0.952. The van der Waals surface area contributed by atoms with E-state index >= 15 is 0 Å². The Hall–Kier alpha value is -0.0400. The fourth-order valence-electron chi connectivity index (χ4n) is 2.91. The van der Waals surface area contributed by atoms with E-state index in [0.717, 1.165) is 25.6 Å². The normalized spacial score (nSPS) is 11.5. The van der Waals surface area contributed by atoms with Crippen LogP contribution < -0.4 is 0 Å². The Morgan fingerprint density at radius 2 is 1.00 bits per heavy atom. The largest absolute Gasteiger partial charge is 0.381 e. The van der Waals surface area contributed by atoms with Gasteiger partial charge in [0.15, 0.2) is 0 Å². The molecule has 0 N–H and O–H groups in total. The van der Waals surface area contributed by atoms with Crippen molar-refractivity contribution in [1.29, 1.82) is 0 Å². The van der Waals surface area contributed by atoms with Crippen LogP contribution in [-0.4, -0.2) is 13.2 Å². The third-order valence-electron chi connectivity index (χ3n) is 4.36. The van der Waals surface area contributed by atoms with E-state index in [1.165, 1.54) is 89.9 Å². The van der Waals surface area contributed by atoms with Gasteiger partial charge in [-0.2, -0.15) is 0 Å². The number of unbranched alkanes of at least 4 members (excludes halogenated alkanes) is 12. The van der Waals surface area contributed by atoms with Crippen molar-refractivity contribution < 1.29 is 4.74 Å². The minimum absolute atomic E-state index is 0.831. The van der Waals surface area contributed by atoms with Crippen LogP contribution in [0.1, 0.15) is 110 Å². The lowest BCUT2D eigenvalue weighted by Gasteiger charge is -2.05. The minimum Gasteiger partial charge on any atom is -0.381 e. The Morgan fingerprint density at radius 3 is 1.41 bits per heavy atom. The lowest BCUT2D eigenvalue weighted by Crippen LogP contribution is -1.95. The molecule has 1 radical (unpaired) electrons. The van der Waals surface area contributed by atoms with Gasteiger partial charge in [0.2, 0.25) is 0 Å². The maximum absolute atomic E-state index is 5.44. The van der Waals surface area contributed by atoms with Gasteiger partial charge in [-0.3, -0.25) is 0 Å². The second-order valence-corrected chi connectivity index (χ2v) is 7.24. The summed E-state index contributed by atoms with van der Waals surface area (Å²) in [6.07, 6.45) is 20.8. The van der Waals surface area contributed by atoms with Gasteiger partial charge in [0.25, 0.3) is 0 Å². The van der Waals surface area contributed by atoms with Gasteiger partial charge in [-0.15, -0.1) is 0 Å². The standard InChI is InChI=1S/C21H43O/c1-4-19-22-20-17-15-13-11-9-7-5-6-8-10-12-14-16-18-21(2)3/h21H,1,4-20H2,2-3H3. The van der Waals surface area contributed by atoms with Crippen LogP contribution in [0.2, 0.25) is 0 Å². The molecule has 0 atom stereocenters. The molecule has 0 spiro atoms. The molecule has 0 aliphatic rings. The second-order valence-electron chi connectivity index (χ2n) is 7.24. The zero-order valence-electron chi connectivity index (χ0n) is 15.7. The molecule has 0 fully saturated rings. The Kier molecular flexibility index (Phi) is 19.0. The quantitative estimate of drug-likeness (QED) is 0.240. The third kappa shape index (κ3) is 20.0. The summed E-state index contributed by atoms with van der Waals surface area (Å²) in [5, 5.41) is 0. The summed E-state index contributed by atoms with van der Waals surface area (Å²) in [5.74, 6) is 0.890. The smallest absolute Gasteiger partial charge is 0.0466 e. The summed E-state index contributed by atoms with van der Waals surface area (Å²) < 4.78 is 5.44. The molecule has 0 bridgehead atoms. The van der Waals surface area contributed by atoms with E-state index in [0.29, 0.717) is 0 Å². The van der Waals surface area contributed by atoms with Crippen molar-refractivity contribution in [2.45, 2.75) is 110 Å². The lowest BCUT2D eigenvalue weighted by molar-refractivity contribution is 0.134. The molecular formula is C21H43O. The molecule has 0 saturated carbocycles. The van der Waals surface area contributed by atoms with Crippen LogP contribution in [0.15, 0.2) is 0 Å². The van der Waals surface area contributed by atoms with Crippen molar-refractivity contribution in [2.24, 2.45) is 5.92 Å². The molecular weight excluding hydrogens is 268 g/mol. The van der Waals surface area contributed by atoms with Crippen LogP contribution >= 0.6 is 0 Å². The van der Waals surface area contributed by atoms with Crippen LogP contribution in [0.4, 0.5) is 0 Å². The molecule has 22 heavy (non-hydrogen) atoms. The zero-order valence-corrected chi connectivity index (χ0v) is 15.7.